The number of para-hydroxylation sites is 2. The van der Waals surface area contributed by atoms with E-state index in [4.69, 9.17) is 4.74 Å². The molecule has 0 spiro atoms. The lowest BCUT2D eigenvalue weighted by atomic mass is 9.76. The molecule has 2 heterocycles. The van der Waals surface area contributed by atoms with Crippen molar-refractivity contribution in [1.82, 2.24) is 4.90 Å². The number of hydrogen-bond acceptors (Lipinski definition) is 4. The summed E-state index contributed by atoms with van der Waals surface area (Å²) in [5.74, 6) is 1.93. The first-order chi connectivity index (χ1) is 20.5. The standard InChI is InChI=1S/C36H39FN2O3/c37-31-11-5-4-10-30(31)25-39-32-12-6-7-13-34(32)42-35(36(39)41)24-26-14-16-29(17-15-26)33(40)20-23-38-21-18-28(19-22-38)27-8-2-1-3-9-27/h4-7,10-17,24,27-28H,1-3,8-9,18-23,25H2/b35-24-. The van der Waals surface area contributed by atoms with E-state index in [-0.39, 0.29) is 29.8 Å². The van der Waals surface area contributed by atoms with Gasteiger partial charge in [-0.05, 0) is 67.6 Å². The van der Waals surface area contributed by atoms with Crippen LogP contribution in [0.25, 0.3) is 6.08 Å². The van der Waals surface area contributed by atoms with Crippen molar-refractivity contribution in [3.63, 3.8) is 0 Å². The Morgan fingerprint density at radius 2 is 1.55 bits per heavy atom. The zero-order valence-corrected chi connectivity index (χ0v) is 24.1. The maximum Gasteiger partial charge on any atom is 0.294 e. The highest BCUT2D eigenvalue weighted by Gasteiger charge is 2.31. The molecule has 0 atom stereocenters. The summed E-state index contributed by atoms with van der Waals surface area (Å²) in [5, 5.41) is 0. The number of ketones is 1. The van der Waals surface area contributed by atoms with Crippen LogP contribution < -0.4 is 9.64 Å². The number of rotatable bonds is 8. The summed E-state index contributed by atoms with van der Waals surface area (Å²) >= 11 is 0. The van der Waals surface area contributed by atoms with Crippen LogP contribution in [0.2, 0.25) is 0 Å². The van der Waals surface area contributed by atoms with Crippen molar-refractivity contribution in [3.05, 3.63) is 101 Å². The molecule has 1 saturated carbocycles. The van der Waals surface area contributed by atoms with Crippen LogP contribution in [0.5, 0.6) is 5.75 Å². The first-order valence-corrected chi connectivity index (χ1v) is 15.4. The minimum Gasteiger partial charge on any atom is -0.449 e. The molecule has 42 heavy (non-hydrogen) atoms. The Morgan fingerprint density at radius 3 is 2.31 bits per heavy atom. The highest BCUT2D eigenvalue weighted by molar-refractivity contribution is 6.09. The van der Waals surface area contributed by atoms with E-state index >= 15 is 0 Å². The van der Waals surface area contributed by atoms with Gasteiger partial charge in [0.05, 0.1) is 12.2 Å². The SMILES string of the molecule is O=C(CCN1CCC(C2CCCCC2)CC1)c1ccc(/C=C2\Oc3ccccc3N(Cc3ccccc3F)C2=O)cc1. The van der Waals surface area contributed by atoms with E-state index in [1.807, 2.05) is 36.4 Å². The average Bonchev–Trinajstić information content (AvgIpc) is 3.04. The second kappa shape index (κ2) is 13.0. The predicted molar refractivity (Wildman–Crippen MR) is 164 cm³/mol. The van der Waals surface area contributed by atoms with Crippen LogP contribution >= 0.6 is 0 Å². The number of carbonyl (C=O) groups is 2. The van der Waals surface area contributed by atoms with E-state index in [9.17, 15) is 14.0 Å². The molecule has 5 nitrogen and oxygen atoms in total. The summed E-state index contributed by atoms with van der Waals surface area (Å²) in [6.45, 7) is 3.11. The lowest BCUT2D eigenvalue weighted by molar-refractivity contribution is -0.117. The third-order valence-corrected chi connectivity index (χ3v) is 9.25. The fraction of sp³-hybridized carbons (Fsp3) is 0.389. The number of piperidine rings is 1. The number of halogens is 1. The van der Waals surface area contributed by atoms with Gasteiger partial charge in [-0.3, -0.25) is 14.5 Å². The molecule has 0 bridgehead atoms. The number of hydrogen-bond donors (Lipinski definition) is 0. The highest BCUT2D eigenvalue weighted by Crippen LogP contribution is 2.37. The first kappa shape index (κ1) is 28.4. The van der Waals surface area contributed by atoms with Crippen molar-refractivity contribution < 1.29 is 18.7 Å². The summed E-state index contributed by atoms with van der Waals surface area (Å²) in [4.78, 5) is 30.4. The zero-order valence-electron chi connectivity index (χ0n) is 24.1. The molecule has 1 amide bonds. The minimum absolute atomic E-state index is 0.0922. The summed E-state index contributed by atoms with van der Waals surface area (Å²) < 4.78 is 20.4. The highest BCUT2D eigenvalue weighted by atomic mass is 19.1. The quantitative estimate of drug-likeness (QED) is 0.208. The summed E-state index contributed by atoms with van der Waals surface area (Å²) in [7, 11) is 0. The average molecular weight is 567 g/mol. The molecule has 3 aromatic carbocycles. The molecule has 0 unspecified atom stereocenters. The first-order valence-electron chi connectivity index (χ1n) is 15.4. The van der Waals surface area contributed by atoms with E-state index in [2.05, 4.69) is 4.90 Å². The predicted octanol–water partition coefficient (Wildman–Crippen LogP) is 7.66. The Labute approximate surface area is 248 Å². The summed E-state index contributed by atoms with van der Waals surface area (Å²) in [6, 6.07) is 21.1. The minimum atomic E-state index is -0.357. The van der Waals surface area contributed by atoms with E-state index in [1.54, 1.807) is 41.3 Å². The zero-order chi connectivity index (χ0) is 28.9. The second-order valence-corrected chi connectivity index (χ2v) is 11.9. The Bertz CT molecular complexity index is 1440. The maximum absolute atomic E-state index is 14.4. The van der Waals surface area contributed by atoms with Crippen LogP contribution in [0.3, 0.4) is 0 Å². The van der Waals surface area contributed by atoms with Crippen LogP contribution in [0.15, 0.2) is 78.6 Å². The number of Topliss-reactive ketones (excluding diaryl/α,β-unsaturated/α-hetero) is 1. The van der Waals surface area contributed by atoms with Crippen LogP contribution in [-0.2, 0) is 11.3 Å². The Kier molecular flexibility index (Phi) is 8.80. The summed E-state index contributed by atoms with van der Waals surface area (Å²) in [6.07, 6.45) is 11.8. The third-order valence-electron chi connectivity index (χ3n) is 9.25. The number of carbonyl (C=O) groups excluding carboxylic acids is 2. The molecule has 2 fully saturated rings. The number of amides is 1. The van der Waals surface area contributed by atoms with E-state index in [0.717, 1.165) is 37.0 Å². The van der Waals surface area contributed by atoms with Gasteiger partial charge in [-0.1, -0.05) is 86.7 Å². The number of anilines is 1. The Morgan fingerprint density at radius 1 is 0.857 bits per heavy atom. The van der Waals surface area contributed by atoms with Crippen LogP contribution in [0.1, 0.15) is 72.9 Å². The normalized spacial score (nSPS) is 19.5. The van der Waals surface area contributed by atoms with Crippen molar-refractivity contribution in [2.24, 2.45) is 11.8 Å². The Balaban J connectivity index is 1.07. The number of nitrogens with zero attached hydrogens (tertiary/aromatic N) is 2. The molecule has 0 N–H and O–H groups in total. The van der Waals surface area contributed by atoms with Gasteiger partial charge in [0.25, 0.3) is 5.91 Å². The summed E-state index contributed by atoms with van der Waals surface area (Å²) in [5.41, 5.74) is 2.46. The number of fused-ring (bicyclic) bond motifs is 1. The second-order valence-electron chi connectivity index (χ2n) is 11.9. The largest absolute Gasteiger partial charge is 0.449 e. The van der Waals surface area contributed by atoms with Gasteiger partial charge >= 0.3 is 0 Å². The Hall–Kier alpha value is -3.77. The molecule has 0 radical (unpaired) electrons. The molecule has 3 aromatic rings. The van der Waals surface area contributed by atoms with Gasteiger partial charge in [-0.25, -0.2) is 4.39 Å². The molecule has 2 aliphatic heterocycles. The molecule has 1 aliphatic carbocycles. The van der Waals surface area contributed by atoms with Gasteiger partial charge in [-0.15, -0.1) is 0 Å². The van der Waals surface area contributed by atoms with Crippen molar-refractivity contribution in [3.8, 4) is 5.75 Å². The third kappa shape index (κ3) is 6.49. The van der Waals surface area contributed by atoms with Crippen molar-refractivity contribution >= 4 is 23.5 Å². The maximum atomic E-state index is 14.4. The smallest absolute Gasteiger partial charge is 0.294 e. The lowest BCUT2D eigenvalue weighted by Gasteiger charge is -2.37. The molecule has 6 heteroatoms. The molecule has 3 aliphatic rings. The van der Waals surface area contributed by atoms with E-state index in [0.29, 0.717) is 29.0 Å². The van der Waals surface area contributed by atoms with Crippen molar-refractivity contribution in [1.29, 1.82) is 0 Å². The van der Waals surface area contributed by atoms with Crippen molar-refractivity contribution in [2.45, 2.75) is 57.9 Å². The molecule has 6 rings (SSSR count). The molecular formula is C36H39FN2O3. The fourth-order valence-electron chi connectivity index (χ4n) is 6.79. The lowest BCUT2D eigenvalue weighted by Crippen LogP contribution is -2.37. The molecular weight excluding hydrogens is 527 g/mol. The van der Waals surface area contributed by atoms with Gasteiger partial charge in [0.15, 0.2) is 17.3 Å². The van der Waals surface area contributed by atoms with E-state index < -0.39 is 0 Å². The van der Waals surface area contributed by atoms with E-state index in [1.165, 1.54) is 51.0 Å². The number of likely N-dealkylation sites (tertiary alicyclic amines) is 1. The molecule has 0 aromatic heterocycles. The van der Waals surface area contributed by atoms with Gasteiger partial charge in [0, 0.05) is 24.1 Å². The fourth-order valence-corrected chi connectivity index (χ4v) is 6.79. The van der Waals surface area contributed by atoms with Crippen LogP contribution in [0, 0.1) is 17.7 Å². The number of benzene rings is 3. The van der Waals surface area contributed by atoms with Gasteiger partial charge in [0.1, 0.15) is 5.82 Å². The number of ether oxygens (including phenoxy) is 1. The molecule has 218 valence electrons. The van der Waals surface area contributed by atoms with Crippen LogP contribution in [0.4, 0.5) is 10.1 Å². The van der Waals surface area contributed by atoms with Gasteiger partial charge < -0.3 is 9.64 Å². The molecule has 1 saturated heterocycles. The van der Waals surface area contributed by atoms with Gasteiger partial charge in [-0.2, -0.15) is 0 Å². The van der Waals surface area contributed by atoms with Crippen LogP contribution in [-0.4, -0.2) is 36.2 Å². The monoisotopic (exact) mass is 566 g/mol. The van der Waals surface area contributed by atoms with Crippen molar-refractivity contribution in [2.75, 3.05) is 24.5 Å². The van der Waals surface area contributed by atoms with Gasteiger partial charge in [0.2, 0.25) is 0 Å². The topological polar surface area (TPSA) is 49.9 Å².